The minimum absolute atomic E-state index is 0.689. The van der Waals surface area contributed by atoms with Gasteiger partial charge in [-0.3, -0.25) is 0 Å². The van der Waals surface area contributed by atoms with Gasteiger partial charge in [-0.15, -0.1) is 0 Å². The molecule has 3 heteroatoms. The predicted octanol–water partition coefficient (Wildman–Crippen LogP) is 6.60. The van der Waals surface area contributed by atoms with E-state index in [9.17, 15) is 4.57 Å². The summed E-state index contributed by atoms with van der Waals surface area (Å²) in [4.78, 5) is 2.10. The second kappa shape index (κ2) is 8.61. The van der Waals surface area contributed by atoms with E-state index in [-0.39, 0.29) is 0 Å². The Kier molecular flexibility index (Phi) is 6.21. The molecule has 0 saturated carbocycles. The van der Waals surface area contributed by atoms with Crippen LogP contribution < -0.4 is 10.6 Å². The van der Waals surface area contributed by atoms with Crippen molar-refractivity contribution in [1.29, 1.82) is 0 Å². The summed E-state index contributed by atoms with van der Waals surface area (Å²) in [6, 6.07) is 29.6. The predicted molar refractivity (Wildman–Crippen MR) is 120 cm³/mol. The van der Waals surface area contributed by atoms with Crippen molar-refractivity contribution in [2.45, 2.75) is 18.7 Å². The van der Waals surface area contributed by atoms with Crippen LogP contribution in [0.3, 0.4) is 0 Å². The molecule has 0 unspecified atom stereocenters. The second-order valence-electron chi connectivity index (χ2n) is 6.47. The summed E-state index contributed by atoms with van der Waals surface area (Å²) >= 11 is 1.63. The first-order valence-electron chi connectivity index (χ1n) is 8.85. The normalized spacial score (nSPS) is 11.0. The summed E-state index contributed by atoms with van der Waals surface area (Å²) in [7, 11) is -3.04. The highest BCUT2D eigenvalue weighted by atomic mass is 32.2. The first-order chi connectivity index (χ1) is 13.0. The highest BCUT2D eigenvalue weighted by Gasteiger charge is 2.33. The van der Waals surface area contributed by atoms with Crippen molar-refractivity contribution in [2.75, 3.05) is 0 Å². The zero-order valence-corrected chi connectivity index (χ0v) is 17.3. The van der Waals surface area contributed by atoms with Crippen LogP contribution >= 0.6 is 18.9 Å². The van der Waals surface area contributed by atoms with Crippen LogP contribution in [-0.4, -0.2) is 0 Å². The first kappa shape index (κ1) is 19.5. The van der Waals surface area contributed by atoms with Gasteiger partial charge in [0.05, 0.1) is 0 Å². The van der Waals surface area contributed by atoms with E-state index in [1.165, 1.54) is 0 Å². The fourth-order valence-corrected chi connectivity index (χ4v) is 6.92. The van der Waals surface area contributed by atoms with Gasteiger partial charge in [-0.05, 0) is 26.0 Å². The molecule has 0 aliphatic heterocycles. The maximum atomic E-state index is 14.5. The molecule has 3 rings (SSSR count). The van der Waals surface area contributed by atoms with Crippen molar-refractivity contribution >= 4 is 29.5 Å². The minimum atomic E-state index is -3.04. The van der Waals surface area contributed by atoms with E-state index in [1.807, 2.05) is 78.9 Å². The molecule has 3 aromatic rings. The molecule has 0 aliphatic carbocycles. The Hall–Kier alpha value is -2.28. The molecule has 0 N–H and O–H groups in total. The number of hydrogen-bond acceptors (Lipinski definition) is 2. The Morgan fingerprint density at radius 1 is 0.741 bits per heavy atom. The monoisotopic (exact) mass is 390 g/mol. The second-order valence-corrected chi connectivity index (χ2v) is 10.3. The molecule has 0 spiro atoms. The van der Waals surface area contributed by atoms with Crippen LogP contribution in [0.2, 0.25) is 0 Å². The highest BCUT2D eigenvalue weighted by molar-refractivity contribution is 8.04. The van der Waals surface area contributed by atoms with Crippen LogP contribution in [0, 0.1) is 0 Å². The van der Waals surface area contributed by atoms with E-state index < -0.39 is 7.14 Å². The first-order valence-corrected chi connectivity index (χ1v) is 11.4. The zero-order valence-electron chi connectivity index (χ0n) is 15.6. The Morgan fingerprint density at radius 3 is 1.56 bits per heavy atom. The summed E-state index contributed by atoms with van der Waals surface area (Å²) in [6.45, 7) is 8.46. The van der Waals surface area contributed by atoms with Crippen molar-refractivity contribution in [3.63, 3.8) is 0 Å². The number of hydrogen-bond donors (Lipinski definition) is 0. The van der Waals surface area contributed by atoms with E-state index in [1.54, 1.807) is 11.8 Å². The van der Waals surface area contributed by atoms with Crippen molar-refractivity contribution in [2.24, 2.45) is 0 Å². The van der Waals surface area contributed by atoms with Gasteiger partial charge >= 0.3 is 0 Å². The maximum Gasteiger partial charge on any atom is 0.171 e. The Labute approximate surface area is 166 Å². The molecule has 0 amide bonds. The molecular formula is C24H23OPS. The largest absolute Gasteiger partial charge is 0.309 e. The number of benzene rings is 3. The average Bonchev–Trinajstić information content (AvgIpc) is 2.72. The quantitative estimate of drug-likeness (QED) is 0.268. The van der Waals surface area contributed by atoms with Gasteiger partial charge in [-0.2, -0.15) is 0 Å². The molecule has 0 heterocycles. The maximum absolute atomic E-state index is 14.5. The van der Waals surface area contributed by atoms with Crippen LogP contribution in [0.25, 0.3) is 0 Å². The molecule has 0 aromatic heterocycles. The fourth-order valence-electron chi connectivity index (χ4n) is 2.94. The summed E-state index contributed by atoms with van der Waals surface area (Å²) in [5.41, 5.74) is 1.11. The number of allylic oxidation sites excluding steroid dienone is 2. The van der Waals surface area contributed by atoms with Crippen LogP contribution in [0.1, 0.15) is 13.8 Å². The van der Waals surface area contributed by atoms with E-state index in [0.29, 0.717) is 5.31 Å². The highest BCUT2D eigenvalue weighted by Crippen LogP contribution is 2.57. The van der Waals surface area contributed by atoms with Gasteiger partial charge in [0.1, 0.15) is 0 Å². The summed E-state index contributed by atoms with van der Waals surface area (Å²) in [5, 5.41) is 2.32. The van der Waals surface area contributed by atoms with Gasteiger partial charge < -0.3 is 4.57 Å². The lowest BCUT2D eigenvalue weighted by Gasteiger charge is -2.24. The van der Waals surface area contributed by atoms with Crippen LogP contribution in [0.4, 0.5) is 0 Å². The van der Waals surface area contributed by atoms with Gasteiger partial charge in [0.2, 0.25) is 0 Å². The topological polar surface area (TPSA) is 17.1 Å². The standard InChI is InChI=1S/C24H23OPS/c1-19(2)24(27-23-17-11-6-12-18-23)20(3)26(25,21-13-7-4-8-14-21)22-15-9-5-10-16-22/h4-18H,3H2,1-2H3. The van der Waals surface area contributed by atoms with Gasteiger partial charge in [0.15, 0.2) is 7.14 Å². The molecule has 1 nitrogen and oxygen atoms in total. The molecule has 3 aromatic carbocycles. The number of rotatable bonds is 6. The lowest BCUT2D eigenvalue weighted by molar-refractivity contribution is 0.591. The Balaban J connectivity index is 2.13. The SMILES string of the molecule is C=C(C(Sc1ccccc1)=C(C)C)P(=O)(c1ccccc1)c1ccccc1. The fraction of sp³-hybridized carbons (Fsp3) is 0.0833. The van der Waals surface area contributed by atoms with E-state index in [2.05, 4.69) is 32.6 Å². The third kappa shape index (κ3) is 4.18. The van der Waals surface area contributed by atoms with Crippen molar-refractivity contribution in [3.05, 3.63) is 113 Å². The molecule has 0 radical (unpaired) electrons. The Bertz CT molecular complexity index is 945. The lowest BCUT2D eigenvalue weighted by Crippen LogP contribution is -2.17. The molecule has 0 saturated heterocycles. The average molecular weight is 390 g/mol. The Morgan fingerprint density at radius 2 is 1.15 bits per heavy atom. The van der Waals surface area contributed by atoms with Crippen molar-refractivity contribution in [1.82, 2.24) is 0 Å². The van der Waals surface area contributed by atoms with Crippen molar-refractivity contribution < 1.29 is 4.57 Å². The summed E-state index contributed by atoms with van der Waals surface area (Å²) < 4.78 is 14.5. The van der Waals surface area contributed by atoms with E-state index in [0.717, 1.165) is 26.0 Å². The molecule has 27 heavy (non-hydrogen) atoms. The van der Waals surface area contributed by atoms with E-state index in [4.69, 9.17) is 0 Å². The van der Waals surface area contributed by atoms with Gasteiger partial charge in [0, 0.05) is 25.7 Å². The molecular weight excluding hydrogens is 367 g/mol. The summed E-state index contributed by atoms with van der Waals surface area (Å²) in [5.74, 6) is 0. The molecule has 136 valence electrons. The van der Waals surface area contributed by atoms with Gasteiger partial charge in [-0.25, -0.2) is 0 Å². The third-order valence-electron chi connectivity index (χ3n) is 4.30. The smallest absolute Gasteiger partial charge is 0.171 e. The third-order valence-corrected chi connectivity index (χ3v) is 8.85. The van der Waals surface area contributed by atoms with Crippen LogP contribution in [-0.2, 0) is 4.57 Å². The van der Waals surface area contributed by atoms with Crippen molar-refractivity contribution in [3.8, 4) is 0 Å². The number of thioether (sulfide) groups is 1. The molecule has 0 bridgehead atoms. The summed E-state index contributed by atoms with van der Waals surface area (Å²) in [6.07, 6.45) is 0. The van der Waals surface area contributed by atoms with Crippen LogP contribution in [0.15, 0.2) is 118 Å². The molecule has 0 atom stereocenters. The van der Waals surface area contributed by atoms with Gasteiger partial charge in [0.25, 0.3) is 0 Å². The zero-order chi connectivity index (χ0) is 19.3. The van der Waals surface area contributed by atoms with Gasteiger partial charge in [-0.1, -0.05) is 103 Å². The minimum Gasteiger partial charge on any atom is -0.309 e. The lowest BCUT2D eigenvalue weighted by atomic mass is 10.3. The van der Waals surface area contributed by atoms with E-state index >= 15 is 0 Å². The van der Waals surface area contributed by atoms with Crippen LogP contribution in [0.5, 0.6) is 0 Å². The molecule has 0 aliphatic rings. The molecule has 0 fully saturated rings.